The Bertz CT molecular complexity index is 933. The van der Waals surface area contributed by atoms with Crippen LogP contribution >= 0.6 is 15.9 Å². The van der Waals surface area contributed by atoms with Gasteiger partial charge in [-0.25, -0.2) is 4.98 Å². The van der Waals surface area contributed by atoms with E-state index in [0.29, 0.717) is 42.7 Å². The van der Waals surface area contributed by atoms with E-state index in [-0.39, 0.29) is 0 Å². The summed E-state index contributed by atoms with van der Waals surface area (Å²) < 4.78 is 8.51. The molecule has 7 nitrogen and oxygen atoms in total. The number of pyridine rings is 1. The number of benzene rings is 1. The van der Waals surface area contributed by atoms with Crippen LogP contribution in [0.4, 0.5) is 5.82 Å². The first-order valence-corrected chi connectivity index (χ1v) is 8.83. The van der Waals surface area contributed by atoms with Gasteiger partial charge in [0, 0.05) is 17.6 Å². The molecule has 2 N–H and O–H groups in total. The maximum Gasteiger partial charge on any atom is 0.182 e. The highest BCUT2D eigenvalue weighted by Gasteiger charge is 2.09. The molecule has 2 aromatic heterocycles. The van der Waals surface area contributed by atoms with Crippen molar-refractivity contribution in [2.75, 3.05) is 12.3 Å². The molecule has 0 aliphatic rings. The zero-order valence-corrected chi connectivity index (χ0v) is 15.6. The van der Waals surface area contributed by atoms with Gasteiger partial charge in [-0.15, -0.1) is 10.2 Å². The second kappa shape index (κ2) is 8.56. The Labute approximate surface area is 159 Å². The van der Waals surface area contributed by atoms with Crippen LogP contribution in [0.1, 0.15) is 17.5 Å². The van der Waals surface area contributed by atoms with Crippen molar-refractivity contribution in [1.29, 1.82) is 5.26 Å². The third kappa shape index (κ3) is 4.45. The molecule has 0 aliphatic carbocycles. The van der Waals surface area contributed by atoms with E-state index in [1.165, 1.54) is 0 Å². The van der Waals surface area contributed by atoms with Gasteiger partial charge in [-0.05, 0) is 36.2 Å². The lowest BCUT2D eigenvalue weighted by atomic mass is 10.1. The number of nitriles is 1. The topological polar surface area (TPSA) is 103 Å². The van der Waals surface area contributed by atoms with Crippen LogP contribution in [-0.2, 0) is 17.9 Å². The molecule has 26 heavy (non-hydrogen) atoms. The fourth-order valence-electron chi connectivity index (χ4n) is 2.49. The van der Waals surface area contributed by atoms with E-state index in [2.05, 4.69) is 37.2 Å². The number of aryl methyl sites for hydroxylation is 1. The van der Waals surface area contributed by atoms with Crippen LogP contribution in [0.3, 0.4) is 0 Å². The van der Waals surface area contributed by atoms with Gasteiger partial charge in [0.15, 0.2) is 5.82 Å². The molecular formula is C18H17BrN6O. The number of hydrogen-bond donors (Lipinski definition) is 1. The Morgan fingerprint density at radius 1 is 1.27 bits per heavy atom. The highest BCUT2D eigenvalue weighted by molar-refractivity contribution is 9.10. The quantitative estimate of drug-likeness (QED) is 0.597. The average molecular weight is 413 g/mol. The second-order valence-corrected chi connectivity index (χ2v) is 6.53. The summed E-state index contributed by atoms with van der Waals surface area (Å²) in [5.74, 6) is 1.13. The summed E-state index contributed by atoms with van der Waals surface area (Å²) in [5.41, 5.74) is 7.92. The molecule has 0 unspecified atom stereocenters. The number of nitrogen functional groups attached to an aromatic ring is 1. The van der Waals surface area contributed by atoms with Gasteiger partial charge in [0.2, 0.25) is 0 Å². The number of anilines is 1. The zero-order chi connectivity index (χ0) is 18.4. The van der Waals surface area contributed by atoms with Crippen LogP contribution in [0.5, 0.6) is 0 Å². The van der Waals surface area contributed by atoms with Crippen LogP contribution in [0, 0.1) is 11.3 Å². The lowest BCUT2D eigenvalue weighted by molar-refractivity contribution is 0.115. The predicted molar refractivity (Wildman–Crippen MR) is 101 cm³/mol. The van der Waals surface area contributed by atoms with Crippen LogP contribution in [0.15, 0.2) is 47.2 Å². The first kappa shape index (κ1) is 18.0. The molecule has 8 heteroatoms. The first-order chi connectivity index (χ1) is 12.7. The molecule has 2 heterocycles. The number of nitrogens with zero attached hydrogens (tertiary/aromatic N) is 5. The van der Waals surface area contributed by atoms with Gasteiger partial charge in [-0.3, -0.25) is 0 Å². The van der Waals surface area contributed by atoms with E-state index in [1.54, 1.807) is 18.5 Å². The van der Waals surface area contributed by atoms with E-state index < -0.39 is 0 Å². The molecule has 0 saturated carbocycles. The third-order valence-electron chi connectivity index (χ3n) is 3.75. The predicted octanol–water partition coefficient (Wildman–Crippen LogP) is 3.16. The van der Waals surface area contributed by atoms with Crippen molar-refractivity contribution in [2.24, 2.45) is 0 Å². The molecule has 0 atom stereocenters. The fourth-order valence-corrected chi connectivity index (χ4v) is 2.85. The van der Waals surface area contributed by atoms with Gasteiger partial charge < -0.3 is 15.0 Å². The Hall–Kier alpha value is -2.76. The summed E-state index contributed by atoms with van der Waals surface area (Å²) >= 11 is 3.36. The molecule has 0 radical (unpaired) electrons. The Morgan fingerprint density at radius 3 is 2.96 bits per heavy atom. The van der Waals surface area contributed by atoms with Crippen molar-refractivity contribution < 1.29 is 4.74 Å². The molecule has 3 rings (SSSR count). The average Bonchev–Trinajstić information content (AvgIpc) is 3.11. The highest BCUT2D eigenvalue weighted by atomic mass is 79.9. The molecule has 1 aromatic carbocycles. The molecule has 132 valence electrons. The van der Waals surface area contributed by atoms with Crippen molar-refractivity contribution in [3.63, 3.8) is 0 Å². The standard InChI is InChI=1S/C18H17BrN6O/c19-15-6-5-13(14(9-15)10-20)11-26-8-2-7-25-12-22-24-18(25)16-3-1-4-17(21)23-16/h1,3-6,9,12H,2,7-8,11H2,(H2,21,23). The summed E-state index contributed by atoms with van der Waals surface area (Å²) in [6.45, 7) is 1.66. The van der Waals surface area contributed by atoms with E-state index >= 15 is 0 Å². The number of rotatable bonds is 7. The van der Waals surface area contributed by atoms with Gasteiger partial charge in [0.25, 0.3) is 0 Å². The largest absolute Gasteiger partial charge is 0.384 e. The Morgan fingerprint density at radius 2 is 2.15 bits per heavy atom. The van der Waals surface area contributed by atoms with E-state index in [0.717, 1.165) is 16.5 Å². The molecule has 0 fully saturated rings. The SMILES string of the molecule is N#Cc1cc(Br)ccc1COCCCn1cnnc1-c1cccc(N)n1. The number of halogens is 1. The van der Waals surface area contributed by atoms with Crippen LogP contribution < -0.4 is 5.73 Å². The zero-order valence-electron chi connectivity index (χ0n) is 14.0. The monoisotopic (exact) mass is 412 g/mol. The Balaban J connectivity index is 1.52. The van der Waals surface area contributed by atoms with Crippen molar-refractivity contribution >= 4 is 21.7 Å². The number of hydrogen-bond acceptors (Lipinski definition) is 6. The second-order valence-electron chi connectivity index (χ2n) is 5.62. The molecule has 0 aliphatic heterocycles. The van der Waals surface area contributed by atoms with Gasteiger partial charge in [0.05, 0.1) is 18.2 Å². The van der Waals surface area contributed by atoms with Crippen LogP contribution in [-0.4, -0.2) is 26.4 Å². The third-order valence-corrected chi connectivity index (χ3v) is 4.25. The van der Waals surface area contributed by atoms with Gasteiger partial charge in [-0.1, -0.05) is 28.1 Å². The number of aromatic nitrogens is 4. The Kier molecular flexibility index (Phi) is 5.94. The van der Waals surface area contributed by atoms with Crippen molar-refractivity contribution in [2.45, 2.75) is 19.6 Å². The van der Waals surface area contributed by atoms with Crippen LogP contribution in [0.25, 0.3) is 11.5 Å². The smallest absolute Gasteiger partial charge is 0.182 e. The van der Waals surface area contributed by atoms with Crippen molar-refractivity contribution in [3.8, 4) is 17.6 Å². The molecular weight excluding hydrogens is 396 g/mol. The molecule has 0 amide bonds. The summed E-state index contributed by atoms with van der Waals surface area (Å²) in [5, 5.41) is 17.2. The fraction of sp³-hybridized carbons (Fsp3) is 0.222. The van der Waals surface area contributed by atoms with E-state index in [4.69, 9.17) is 10.5 Å². The van der Waals surface area contributed by atoms with E-state index in [9.17, 15) is 5.26 Å². The summed E-state index contributed by atoms with van der Waals surface area (Å²) in [6, 6.07) is 13.2. The number of ether oxygens (including phenoxy) is 1. The molecule has 0 spiro atoms. The number of nitrogens with two attached hydrogens (primary N) is 1. The van der Waals surface area contributed by atoms with Crippen molar-refractivity contribution in [3.05, 3.63) is 58.3 Å². The minimum Gasteiger partial charge on any atom is -0.384 e. The highest BCUT2D eigenvalue weighted by Crippen LogP contribution is 2.17. The molecule has 0 bridgehead atoms. The summed E-state index contributed by atoms with van der Waals surface area (Å²) in [6.07, 6.45) is 2.45. The lowest BCUT2D eigenvalue weighted by Gasteiger charge is -2.08. The minimum atomic E-state index is 0.405. The summed E-state index contributed by atoms with van der Waals surface area (Å²) in [7, 11) is 0. The lowest BCUT2D eigenvalue weighted by Crippen LogP contribution is -2.05. The van der Waals surface area contributed by atoms with Crippen LogP contribution in [0.2, 0.25) is 0 Å². The van der Waals surface area contributed by atoms with Gasteiger partial charge in [0.1, 0.15) is 17.8 Å². The van der Waals surface area contributed by atoms with E-state index in [1.807, 2.05) is 28.8 Å². The minimum absolute atomic E-state index is 0.405. The van der Waals surface area contributed by atoms with Gasteiger partial charge in [-0.2, -0.15) is 5.26 Å². The first-order valence-electron chi connectivity index (χ1n) is 8.04. The normalized spacial score (nSPS) is 10.6. The molecule has 3 aromatic rings. The maximum absolute atomic E-state index is 9.17. The van der Waals surface area contributed by atoms with Crippen molar-refractivity contribution in [1.82, 2.24) is 19.7 Å². The molecule has 0 saturated heterocycles. The maximum atomic E-state index is 9.17. The summed E-state index contributed by atoms with van der Waals surface area (Å²) in [4.78, 5) is 4.28. The van der Waals surface area contributed by atoms with Gasteiger partial charge >= 0.3 is 0 Å².